The summed E-state index contributed by atoms with van der Waals surface area (Å²) in [4.78, 5) is 0. The van der Waals surface area contributed by atoms with Crippen LogP contribution in [-0.4, -0.2) is 29.5 Å². The summed E-state index contributed by atoms with van der Waals surface area (Å²) in [7, 11) is -4.84. The highest BCUT2D eigenvalue weighted by Crippen LogP contribution is 2.44. The Labute approximate surface area is 119 Å². The van der Waals surface area contributed by atoms with Crippen molar-refractivity contribution in [3.05, 3.63) is 0 Å². The van der Waals surface area contributed by atoms with Gasteiger partial charge in [0.05, 0.1) is 6.26 Å². The Balaban J connectivity index is 2.80. The molecule has 4 nitrogen and oxygen atoms in total. The molecular weight excluding hydrogens is 280 g/mol. The molecule has 0 N–H and O–H groups in total. The van der Waals surface area contributed by atoms with Crippen LogP contribution in [0.5, 0.6) is 0 Å². The zero-order valence-corrected chi connectivity index (χ0v) is 15.0. The quantitative estimate of drug-likeness (QED) is 0.455. The highest BCUT2D eigenvalue weighted by atomic mass is 32.2. The van der Waals surface area contributed by atoms with Crippen LogP contribution in [0.15, 0.2) is 0 Å². The molecule has 0 aromatic heterocycles. The third-order valence-electron chi connectivity index (χ3n) is 3.73. The summed E-state index contributed by atoms with van der Waals surface area (Å²) in [5.74, 6) is -0.295. The Kier molecular flexibility index (Phi) is 5.26. The molecule has 0 unspecified atom stereocenters. The van der Waals surface area contributed by atoms with Gasteiger partial charge in [0.2, 0.25) is 0 Å². The first-order valence-electron chi connectivity index (χ1n) is 7.02. The minimum Gasteiger partial charge on any atom is -0.393 e. The zero-order valence-electron chi connectivity index (χ0n) is 13.0. The largest absolute Gasteiger partial charge is 0.393 e. The van der Waals surface area contributed by atoms with E-state index < -0.39 is 24.9 Å². The molecule has 1 saturated carbocycles. The monoisotopic (exact) mass is 308 g/mol. The molecule has 6 heteroatoms. The molecule has 0 spiro atoms. The Morgan fingerprint density at radius 2 is 1.63 bits per heavy atom. The lowest BCUT2D eigenvalue weighted by Crippen LogP contribution is -2.45. The fourth-order valence-electron chi connectivity index (χ4n) is 2.85. The highest BCUT2D eigenvalue weighted by molar-refractivity contribution is 7.86. The van der Waals surface area contributed by atoms with Gasteiger partial charge in [0.25, 0.3) is 10.1 Å². The molecule has 1 rings (SSSR count). The standard InChI is InChI=1S/C13H28O4SSi/c1-12(2,3)11-7-9-13(10-8-11,17-19(5)6)16-18(4,14)15/h11,19H,7-10H2,1-6H3/t11-,13+. The van der Waals surface area contributed by atoms with Crippen LogP contribution in [0.25, 0.3) is 0 Å². The predicted molar refractivity (Wildman–Crippen MR) is 80.0 cm³/mol. The van der Waals surface area contributed by atoms with E-state index in [0.29, 0.717) is 18.8 Å². The van der Waals surface area contributed by atoms with Crippen molar-refractivity contribution >= 4 is 19.2 Å². The number of hydrogen-bond donors (Lipinski definition) is 0. The average molecular weight is 309 g/mol. The van der Waals surface area contributed by atoms with Crippen molar-refractivity contribution in [2.75, 3.05) is 6.26 Å². The number of hydrogen-bond acceptors (Lipinski definition) is 4. The second-order valence-electron chi connectivity index (χ2n) is 7.01. The van der Waals surface area contributed by atoms with Gasteiger partial charge in [0, 0.05) is 12.8 Å². The molecule has 0 saturated heterocycles. The normalized spacial score (nSPS) is 29.7. The molecule has 1 aliphatic carbocycles. The van der Waals surface area contributed by atoms with Gasteiger partial charge in [-0.05, 0) is 37.3 Å². The van der Waals surface area contributed by atoms with Crippen molar-refractivity contribution in [1.82, 2.24) is 0 Å². The molecule has 0 aliphatic heterocycles. The lowest BCUT2D eigenvalue weighted by atomic mass is 9.71. The zero-order chi connectivity index (χ0) is 14.9. The fraction of sp³-hybridized carbons (Fsp3) is 1.00. The second-order valence-corrected chi connectivity index (χ2v) is 10.9. The van der Waals surface area contributed by atoms with E-state index in [1.165, 1.54) is 0 Å². The van der Waals surface area contributed by atoms with Crippen molar-refractivity contribution in [3.63, 3.8) is 0 Å². The molecular formula is C13H28O4SSi. The van der Waals surface area contributed by atoms with Crippen LogP contribution in [0.4, 0.5) is 0 Å². The van der Waals surface area contributed by atoms with Gasteiger partial charge in [-0.25, -0.2) is 4.18 Å². The van der Waals surface area contributed by atoms with Crippen LogP contribution in [0, 0.1) is 11.3 Å². The summed E-state index contributed by atoms with van der Waals surface area (Å²) in [6.45, 7) is 10.8. The molecule has 0 atom stereocenters. The molecule has 0 bridgehead atoms. The first kappa shape index (κ1) is 17.1. The third kappa shape index (κ3) is 5.53. The maximum absolute atomic E-state index is 11.5. The van der Waals surface area contributed by atoms with Crippen molar-refractivity contribution < 1.29 is 17.0 Å². The van der Waals surface area contributed by atoms with Crippen molar-refractivity contribution in [2.45, 2.75) is 65.3 Å². The second kappa shape index (κ2) is 5.83. The molecule has 0 radical (unpaired) electrons. The summed E-state index contributed by atoms with van der Waals surface area (Å²) in [5.41, 5.74) is 0.256. The fourth-order valence-corrected chi connectivity index (χ4v) is 4.82. The summed E-state index contributed by atoms with van der Waals surface area (Å²) >= 11 is 0. The van der Waals surface area contributed by atoms with Crippen molar-refractivity contribution in [2.24, 2.45) is 11.3 Å². The van der Waals surface area contributed by atoms with Crippen LogP contribution in [-0.2, 0) is 18.7 Å². The summed E-state index contributed by atoms with van der Waals surface area (Å²) < 4.78 is 34.2. The van der Waals surface area contributed by atoms with E-state index in [1.807, 2.05) is 13.1 Å². The molecule has 1 fully saturated rings. The molecule has 114 valence electrons. The van der Waals surface area contributed by atoms with Crippen LogP contribution in [0.2, 0.25) is 13.1 Å². The number of rotatable bonds is 4. The van der Waals surface area contributed by atoms with Crippen LogP contribution in [0.1, 0.15) is 46.5 Å². The van der Waals surface area contributed by atoms with Gasteiger partial charge in [-0.3, -0.25) is 0 Å². The molecule has 0 heterocycles. The smallest absolute Gasteiger partial charge is 0.267 e. The van der Waals surface area contributed by atoms with Gasteiger partial charge in [0.1, 0.15) is 0 Å². The minimum atomic E-state index is -3.48. The van der Waals surface area contributed by atoms with Crippen molar-refractivity contribution in [3.8, 4) is 0 Å². The average Bonchev–Trinajstić information content (AvgIpc) is 2.11. The Bertz CT molecular complexity index is 389. The first-order valence-corrected chi connectivity index (χ1v) is 11.6. The Hall–Kier alpha value is 0.0869. The summed E-state index contributed by atoms with van der Waals surface area (Å²) in [6.07, 6.45) is 4.37. The Morgan fingerprint density at radius 3 is 1.95 bits per heavy atom. The van der Waals surface area contributed by atoms with Crippen LogP contribution < -0.4 is 0 Å². The van der Waals surface area contributed by atoms with Gasteiger partial charge >= 0.3 is 0 Å². The summed E-state index contributed by atoms with van der Waals surface area (Å²) in [5, 5.41) is 0. The topological polar surface area (TPSA) is 52.6 Å². The van der Waals surface area contributed by atoms with Gasteiger partial charge in [-0.1, -0.05) is 20.8 Å². The molecule has 0 aromatic rings. The molecule has 0 aromatic carbocycles. The lowest BCUT2D eigenvalue weighted by molar-refractivity contribution is -0.148. The minimum absolute atomic E-state index is 0.256. The van der Waals surface area contributed by atoms with E-state index in [1.54, 1.807) is 0 Å². The van der Waals surface area contributed by atoms with E-state index in [-0.39, 0.29) is 5.41 Å². The van der Waals surface area contributed by atoms with Gasteiger partial charge in [0.15, 0.2) is 14.8 Å². The van der Waals surface area contributed by atoms with Gasteiger partial charge in [-0.15, -0.1) is 0 Å². The van der Waals surface area contributed by atoms with Gasteiger partial charge in [-0.2, -0.15) is 8.42 Å². The van der Waals surface area contributed by atoms with Crippen LogP contribution in [0.3, 0.4) is 0 Å². The van der Waals surface area contributed by atoms with E-state index in [4.69, 9.17) is 8.61 Å². The van der Waals surface area contributed by atoms with Crippen LogP contribution >= 0.6 is 0 Å². The highest BCUT2D eigenvalue weighted by Gasteiger charge is 2.43. The Morgan fingerprint density at radius 1 is 1.16 bits per heavy atom. The predicted octanol–water partition coefficient (Wildman–Crippen LogP) is 2.90. The summed E-state index contributed by atoms with van der Waals surface area (Å²) in [6, 6.07) is 0. The van der Waals surface area contributed by atoms with E-state index in [0.717, 1.165) is 19.1 Å². The van der Waals surface area contributed by atoms with Crippen molar-refractivity contribution in [1.29, 1.82) is 0 Å². The lowest BCUT2D eigenvalue weighted by Gasteiger charge is -2.43. The molecule has 1 aliphatic rings. The third-order valence-corrected chi connectivity index (χ3v) is 5.23. The SMILES string of the molecule is C[SiH](C)O[C@]1(OS(C)(=O)=O)CC[C@H](C(C)(C)C)CC1. The van der Waals surface area contributed by atoms with E-state index in [2.05, 4.69) is 20.8 Å². The first-order chi connectivity index (χ1) is 8.44. The van der Waals surface area contributed by atoms with E-state index in [9.17, 15) is 8.42 Å². The maximum Gasteiger partial charge on any atom is 0.267 e. The maximum atomic E-state index is 11.5. The molecule has 0 amide bonds. The van der Waals surface area contributed by atoms with Gasteiger partial charge < -0.3 is 4.43 Å². The molecule has 19 heavy (non-hydrogen) atoms. The van der Waals surface area contributed by atoms with E-state index >= 15 is 0 Å².